The van der Waals surface area contributed by atoms with Crippen molar-refractivity contribution < 1.29 is 24.3 Å². The van der Waals surface area contributed by atoms with E-state index in [4.69, 9.17) is 0 Å². The zero-order valence-corrected chi connectivity index (χ0v) is 18.6. The minimum absolute atomic E-state index is 0.0806. The molecule has 0 aliphatic carbocycles. The lowest BCUT2D eigenvalue weighted by Crippen LogP contribution is -2.51. The first kappa shape index (κ1) is 23.5. The van der Waals surface area contributed by atoms with Crippen LogP contribution in [0.3, 0.4) is 0 Å². The highest BCUT2D eigenvalue weighted by atomic mass is 32.2. The molecule has 32 heavy (non-hydrogen) atoms. The fourth-order valence-electron chi connectivity index (χ4n) is 3.77. The standard InChI is InChI=1S/C24H26N2O5S/c1-16(27)32-15-20(11-17-7-3-2-4-8-17)23(30)25-21-12-18-9-5-6-10-19(18)13-26(24(21)31)14-22(28)29/h2-10,20-21H,11-15H2,1H3,(H,25,30)(H,28,29)/t20-,21?/m1/s1. The van der Waals surface area contributed by atoms with Crippen molar-refractivity contribution in [1.82, 2.24) is 10.2 Å². The number of amides is 2. The highest BCUT2D eigenvalue weighted by Crippen LogP contribution is 2.21. The first-order valence-electron chi connectivity index (χ1n) is 10.4. The number of aliphatic carboxylic acids is 1. The third-order valence-electron chi connectivity index (χ3n) is 5.34. The van der Waals surface area contributed by atoms with E-state index >= 15 is 0 Å². The molecule has 8 heteroatoms. The van der Waals surface area contributed by atoms with Gasteiger partial charge in [0.2, 0.25) is 11.8 Å². The number of nitrogens with zero attached hydrogens (tertiary/aromatic N) is 1. The van der Waals surface area contributed by atoms with E-state index in [9.17, 15) is 24.3 Å². The van der Waals surface area contributed by atoms with E-state index in [0.29, 0.717) is 12.2 Å². The number of thioether (sulfide) groups is 1. The summed E-state index contributed by atoms with van der Waals surface area (Å²) in [7, 11) is 0. The van der Waals surface area contributed by atoms with E-state index in [1.807, 2.05) is 54.6 Å². The van der Waals surface area contributed by atoms with Crippen LogP contribution in [-0.4, -0.2) is 51.2 Å². The molecule has 0 radical (unpaired) electrons. The normalized spacial score (nSPS) is 16.6. The predicted octanol–water partition coefficient (Wildman–Crippen LogP) is 2.28. The average Bonchev–Trinajstić information content (AvgIpc) is 2.88. The smallest absolute Gasteiger partial charge is 0.323 e. The molecule has 0 saturated carbocycles. The molecule has 2 amide bonds. The Bertz CT molecular complexity index is 995. The number of carboxylic acids is 1. The van der Waals surface area contributed by atoms with Crippen molar-refractivity contribution in [3.8, 4) is 0 Å². The van der Waals surface area contributed by atoms with Crippen LogP contribution in [0, 0.1) is 5.92 Å². The fraction of sp³-hybridized carbons (Fsp3) is 0.333. The van der Waals surface area contributed by atoms with Gasteiger partial charge in [0, 0.05) is 25.6 Å². The first-order valence-corrected chi connectivity index (χ1v) is 11.4. The largest absolute Gasteiger partial charge is 0.480 e. The highest BCUT2D eigenvalue weighted by molar-refractivity contribution is 8.13. The number of carboxylic acid groups (broad SMARTS) is 1. The molecule has 0 bridgehead atoms. The van der Waals surface area contributed by atoms with Gasteiger partial charge in [-0.2, -0.15) is 0 Å². The monoisotopic (exact) mass is 454 g/mol. The van der Waals surface area contributed by atoms with Gasteiger partial charge in [-0.25, -0.2) is 0 Å². The molecule has 0 spiro atoms. The molecule has 3 rings (SSSR count). The van der Waals surface area contributed by atoms with Crippen LogP contribution in [0.5, 0.6) is 0 Å². The maximum Gasteiger partial charge on any atom is 0.323 e. The summed E-state index contributed by atoms with van der Waals surface area (Å²) in [6.07, 6.45) is 0.720. The number of fused-ring (bicyclic) bond motifs is 1. The average molecular weight is 455 g/mol. The number of carbonyl (C=O) groups is 4. The maximum absolute atomic E-state index is 13.2. The van der Waals surface area contributed by atoms with Crippen LogP contribution >= 0.6 is 11.8 Å². The summed E-state index contributed by atoms with van der Waals surface area (Å²) in [5.41, 5.74) is 2.73. The quantitative estimate of drug-likeness (QED) is 0.634. The minimum atomic E-state index is -1.11. The van der Waals surface area contributed by atoms with Crippen molar-refractivity contribution in [2.24, 2.45) is 5.92 Å². The number of hydrogen-bond donors (Lipinski definition) is 2. The minimum Gasteiger partial charge on any atom is -0.480 e. The van der Waals surface area contributed by atoms with Gasteiger partial charge < -0.3 is 15.3 Å². The predicted molar refractivity (Wildman–Crippen MR) is 122 cm³/mol. The molecule has 0 aromatic heterocycles. The summed E-state index contributed by atoms with van der Waals surface area (Å²) in [6, 6.07) is 16.1. The fourth-order valence-corrected chi connectivity index (χ4v) is 4.47. The van der Waals surface area contributed by atoms with Gasteiger partial charge >= 0.3 is 5.97 Å². The summed E-state index contributed by atoms with van der Waals surface area (Å²) >= 11 is 1.08. The van der Waals surface area contributed by atoms with Crippen LogP contribution in [0.2, 0.25) is 0 Å². The van der Waals surface area contributed by atoms with Crippen molar-refractivity contribution in [3.05, 3.63) is 71.3 Å². The van der Waals surface area contributed by atoms with E-state index in [2.05, 4.69) is 5.32 Å². The Kier molecular flexibility index (Phi) is 8.05. The second-order valence-electron chi connectivity index (χ2n) is 7.81. The molecule has 1 unspecified atom stereocenters. The summed E-state index contributed by atoms with van der Waals surface area (Å²) < 4.78 is 0. The number of rotatable bonds is 8. The Morgan fingerprint density at radius 1 is 1.09 bits per heavy atom. The van der Waals surface area contributed by atoms with Crippen LogP contribution in [0.15, 0.2) is 54.6 Å². The van der Waals surface area contributed by atoms with Crippen LogP contribution in [0.4, 0.5) is 0 Å². The number of nitrogens with one attached hydrogen (secondary N) is 1. The van der Waals surface area contributed by atoms with Gasteiger partial charge in [-0.3, -0.25) is 19.2 Å². The van der Waals surface area contributed by atoms with Crippen molar-refractivity contribution >= 4 is 34.7 Å². The summed E-state index contributed by atoms with van der Waals surface area (Å²) in [6.45, 7) is 1.20. The van der Waals surface area contributed by atoms with Crippen molar-refractivity contribution in [2.45, 2.75) is 32.4 Å². The Hall–Kier alpha value is -3.13. The van der Waals surface area contributed by atoms with Crippen molar-refractivity contribution in [2.75, 3.05) is 12.3 Å². The van der Waals surface area contributed by atoms with E-state index < -0.39 is 30.4 Å². The molecule has 1 aliphatic rings. The van der Waals surface area contributed by atoms with Crippen molar-refractivity contribution in [1.29, 1.82) is 0 Å². The van der Waals surface area contributed by atoms with Crippen molar-refractivity contribution in [3.63, 3.8) is 0 Å². The molecular weight excluding hydrogens is 428 g/mol. The summed E-state index contributed by atoms with van der Waals surface area (Å²) in [5.74, 6) is -2.06. The Morgan fingerprint density at radius 3 is 2.41 bits per heavy atom. The maximum atomic E-state index is 13.2. The lowest BCUT2D eigenvalue weighted by molar-refractivity contribution is -0.146. The second kappa shape index (κ2) is 10.9. The summed E-state index contributed by atoms with van der Waals surface area (Å²) in [4.78, 5) is 50.4. The Morgan fingerprint density at radius 2 is 1.75 bits per heavy atom. The van der Waals surface area contributed by atoms with E-state index in [1.54, 1.807) is 0 Å². The molecule has 0 fully saturated rings. The van der Waals surface area contributed by atoms with Crippen LogP contribution in [0.25, 0.3) is 0 Å². The highest BCUT2D eigenvalue weighted by Gasteiger charge is 2.33. The van der Waals surface area contributed by atoms with Gasteiger partial charge in [-0.15, -0.1) is 0 Å². The third kappa shape index (κ3) is 6.43. The lowest BCUT2D eigenvalue weighted by atomic mass is 9.98. The molecule has 2 atom stereocenters. The topological polar surface area (TPSA) is 104 Å². The van der Waals surface area contributed by atoms with Gasteiger partial charge in [-0.1, -0.05) is 66.4 Å². The second-order valence-corrected chi connectivity index (χ2v) is 9.01. The molecule has 0 saturated heterocycles. The van der Waals surface area contributed by atoms with Crippen LogP contribution in [0.1, 0.15) is 23.6 Å². The van der Waals surface area contributed by atoms with Crippen LogP contribution in [-0.2, 0) is 38.6 Å². The molecule has 1 aliphatic heterocycles. The van der Waals surface area contributed by atoms with Gasteiger partial charge in [0.25, 0.3) is 0 Å². The molecular formula is C24H26N2O5S. The van der Waals surface area contributed by atoms with Crippen LogP contribution < -0.4 is 5.32 Å². The van der Waals surface area contributed by atoms with Gasteiger partial charge in [-0.05, 0) is 23.1 Å². The van der Waals surface area contributed by atoms with E-state index in [0.717, 1.165) is 28.5 Å². The summed E-state index contributed by atoms with van der Waals surface area (Å²) in [5, 5.41) is 12.0. The Labute approximate surface area is 191 Å². The SMILES string of the molecule is CC(=O)SC[C@@H](Cc1ccccc1)C(=O)NC1Cc2ccccc2CN(CC(=O)O)C1=O. The number of hydrogen-bond acceptors (Lipinski definition) is 5. The van der Waals surface area contributed by atoms with E-state index in [-0.39, 0.29) is 24.0 Å². The molecule has 7 nitrogen and oxygen atoms in total. The Balaban J connectivity index is 1.81. The van der Waals surface area contributed by atoms with Gasteiger partial charge in [0.1, 0.15) is 12.6 Å². The van der Waals surface area contributed by atoms with Gasteiger partial charge in [0.15, 0.2) is 5.12 Å². The number of benzene rings is 2. The molecule has 1 heterocycles. The molecule has 2 N–H and O–H groups in total. The molecule has 168 valence electrons. The first-order chi connectivity index (χ1) is 15.3. The zero-order chi connectivity index (χ0) is 23.1. The zero-order valence-electron chi connectivity index (χ0n) is 17.8. The molecule has 2 aromatic carbocycles. The molecule has 2 aromatic rings. The third-order valence-corrected chi connectivity index (χ3v) is 6.32. The van der Waals surface area contributed by atoms with Gasteiger partial charge in [0.05, 0.1) is 5.92 Å². The number of carbonyl (C=O) groups excluding carboxylic acids is 3. The lowest BCUT2D eigenvalue weighted by Gasteiger charge is -2.25. The van der Waals surface area contributed by atoms with E-state index in [1.165, 1.54) is 11.8 Å².